The molecule has 0 aliphatic carbocycles. The largest absolute Gasteiger partial charge is 0.476 e. The van der Waals surface area contributed by atoms with E-state index in [9.17, 15) is 0 Å². The molecule has 5 heteroatoms. The van der Waals surface area contributed by atoms with Crippen molar-refractivity contribution < 1.29 is 4.74 Å². The molecule has 1 atom stereocenters. The highest BCUT2D eigenvalue weighted by atomic mass is 35.5. The predicted molar refractivity (Wildman–Crippen MR) is 80.0 cm³/mol. The number of rotatable bonds is 9. The fraction of sp³-hybridized carbons (Fsp3) is 0.714. The maximum absolute atomic E-state index is 6.05. The van der Waals surface area contributed by atoms with Crippen molar-refractivity contribution in [2.75, 3.05) is 18.5 Å². The Labute approximate surface area is 120 Å². The van der Waals surface area contributed by atoms with Gasteiger partial charge in [0.25, 0.3) is 0 Å². The number of ether oxygens (including phenoxy) is 1. The van der Waals surface area contributed by atoms with Crippen LogP contribution in [0.1, 0.15) is 46.5 Å². The van der Waals surface area contributed by atoms with E-state index < -0.39 is 0 Å². The fourth-order valence-corrected chi connectivity index (χ4v) is 1.94. The molecular formula is C14H24ClN3O. The summed E-state index contributed by atoms with van der Waals surface area (Å²) in [4.78, 5) is 8.36. The monoisotopic (exact) mass is 285 g/mol. The van der Waals surface area contributed by atoms with Crippen LogP contribution in [0.5, 0.6) is 5.88 Å². The number of hydrogen-bond donors (Lipinski definition) is 1. The van der Waals surface area contributed by atoms with Gasteiger partial charge in [-0.2, -0.15) is 4.98 Å². The van der Waals surface area contributed by atoms with E-state index >= 15 is 0 Å². The lowest BCUT2D eigenvalue weighted by Gasteiger charge is -2.15. The molecular weight excluding hydrogens is 262 g/mol. The molecule has 1 unspecified atom stereocenters. The number of unbranched alkanes of at least 4 members (excludes halogenated alkanes) is 1. The number of hydrogen-bond acceptors (Lipinski definition) is 4. The zero-order valence-electron chi connectivity index (χ0n) is 12.1. The summed E-state index contributed by atoms with van der Waals surface area (Å²) in [6.45, 7) is 7.83. The van der Waals surface area contributed by atoms with Crippen LogP contribution in [0.25, 0.3) is 0 Å². The average Bonchev–Trinajstić information content (AvgIpc) is 2.42. The van der Waals surface area contributed by atoms with Crippen molar-refractivity contribution in [3.63, 3.8) is 0 Å². The van der Waals surface area contributed by atoms with E-state index in [1.165, 1.54) is 19.3 Å². The number of aromatic nitrogens is 2. The molecule has 0 amide bonds. The third kappa shape index (κ3) is 5.64. The van der Waals surface area contributed by atoms with Crippen molar-refractivity contribution in [2.45, 2.75) is 46.5 Å². The van der Waals surface area contributed by atoms with E-state index in [2.05, 4.69) is 29.1 Å². The molecule has 108 valence electrons. The van der Waals surface area contributed by atoms with Gasteiger partial charge in [0.1, 0.15) is 5.02 Å². The lowest BCUT2D eigenvalue weighted by molar-refractivity contribution is 0.226. The number of anilines is 1. The first-order valence-corrected chi connectivity index (χ1v) is 7.48. The summed E-state index contributed by atoms with van der Waals surface area (Å²) in [7, 11) is 0. The van der Waals surface area contributed by atoms with Gasteiger partial charge in [0, 0.05) is 6.54 Å². The van der Waals surface area contributed by atoms with Gasteiger partial charge in [-0.15, -0.1) is 0 Å². The third-order valence-electron chi connectivity index (χ3n) is 3.05. The van der Waals surface area contributed by atoms with E-state index in [1.54, 1.807) is 6.20 Å². The lowest BCUT2D eigenvalue weighted by atomic mass is 10.0. The van der Waals surface area contributed by atoms with E-state index in [0.717, 1.165) is 13.0 Å². The van der Waals surface area contributed by atoms with Gasteiger partial charge in [0.15, 0.2) is 0 Å². The summed E-state index contributed by atoms with van der Waals surface area (Å²) in [5.41, 5.74) is 0. The molecule has 19 heavy (non-hydrogen) atoms. The Balaban J connectivity index is 2.57. The molecule has 1 N–H and O–H groups in total. The van der Waals surface area contributed by atoms with Crippen molar-refractivity contribution in [3.8, 4) is 5.88 Å². The van der Waals surface area contributed by atoms with E-state index in [-0.39, 0.29) is 0 Å². The zero-order valence-corrected chi connectivity index (χ0v) is 12.8. The van der Waals surface area contributed by atoms with Crippen molar-refractivity contribution in [1.29, 1.82) is 0 Å². The van der Waals surface area contributed by atoms with E-state index in [1.807, 2.05) is 6.92 Å². The highest BCUT2D eigenvalue weighted by Gasteiger charge is 2.11. The van der Waals surface area contributed by atoms with Crippen LogP contribution in [-0.4, -0.2) is 23.1 Å². The topological polar surface area (TPSA) is 47.0 Å². The van der Waals surface area contributed by atoms with Crippen LogP contribution >= 0.6 is 11.6 Å². The lowest BCUT2D eigenvalue weighted by Crippen LogP contribution is -2.13. The molecule has 0 saturated heterocycles. The standard InChI is InChI=1S/C14H24ClN3O/c1-4-7-8-11(5-2)10-19-13-12(15)9-17-14(18-13)16-6-3/h9,11H,4-8,10H2,1-3H3,(H,16,17,18). The summed E-state index contributed by atoms with van der Waals surface area (Å²) in [5, 5.41) is 3.51. The predicted octanol–water partition coefficient (Wildman–Crippen LogP) is 4.16. The number of nitrogens with zero attached hydrogens (tertiary/aromatic N) is 2. The Kier molecular flexibility index (Phi) is 7.56. The van der Waals surface area contributed by atoms with Crippen LogP contribution in [0.15, 0.2) is 6.20 Å². The summed E-state index contributed by atoms with van der Waals surface area (Å²) < 4.78 is 5.75. The molecule has 0 radical (unpaired) electrons. The zero-order chi connectivity index (χ0) is 14.1. The minimum Gasteiger partial charge on any atom is -0.476 e. The molecule has 0 saturated carbocycles. The molecule has 4 nitrogen and oxygen atoms in total. The Morgan fingerprint density at radius 2 is 2.16 bits per heavy atom. The fourth-order valence-electron chi connectivity index (χ4n) is 1.79. The summed E-state index contributed by atoms with van der Waals surface area (Å²) in [5.74, 6) is 1.60. The van der Waals surface area contributed by atoms with Gasteiger partial charge in [-0.05, 0) is 19.3 Å². The smallest absolute Gasteiger partial charge is 0.237 e. The molecule has 1 aromatic heterocycles. The molecule has 0 aliphatic heterocycles. The van der Waals surface area contributed by atoms with Gasteiger partial charge in [-0.1, -0.05) is 44.7 Å². The van der Waals surface area contributed by atoms with Crippen LogP contribution < -0.4 is 10.1 Å². The van der Waals surface area contributed by atoms with Crippen molar-refractivity contribution >= 4 is 17.5 Å². The number of halogens is 1. The van der Waals surface area contributed by atoms with Gasteiger partial charge in [0.05, 0.1) is 12.8 Å². The number of nitrogens with one attached hydrogen (secondary N) is 1. The van der Waals surface area contributed by atoms with Crippen molar-refractivity contribution in [1.82, 2.24) is 9.97 Å². The molecule has 0 fully saturated rings. The molecule has 1 rings (SSSR count). The second kappa shape index (κ2) is 8.97. The normalized spacial score (nSPS) is 12.2. The third-order valence-corrected chi connectivity index (χ3v) is 3.31. The Bertz CT molecular complexity index is 374. The maximum atomic E-state index is 6.05. The van der Waals surface area contributed by atoms with Gasteiger partial charge in [-0.3, -0.25) is 0 Å². The van der Waals surface area contributed by atoms with Crippen molar-refractivity contribution in [3.05, 3.63) is 11.2 Å². The second-order valence-corrected chi connectivity index (χ2v) is 5.01. The first-order valence-electron chi connectivity index (χ1n) is 7.10. The van der Waals surface area contributed by atoms with Crippen LogP contribution in [0.3, 0.4) is 0 Å². The van der Waals surface area contributed by atoms with Crippen LogP contribution in [0, 0.1) is 5.92 Å². The minimum atomic E-state index is 0.465. The van der Waals surface area contributed by atoms with Crippen molar-refractivity contribution in [2.24, 2.45) is 5.92 Å². The van der Waals surface area contributed by atoms with Crippen LogP contribution in [0.2, 0.25) is 5.02 Å². The highest BCUT2D eigenvalue weighted by Crippen LogP contribution is 2.23. The minimum absolute atomic E-state index is 0.465. The second-order valence-electron chi connectivity index (χ2n) is 4.60. The quantitative estimate of drug-likeness (QED) is 0.740. The van der Waals surface area contributed by atoms with Gasteiger partial charge in [0.2, 0.25) is 11.8 Å². The van der Waals surface area contributed by atoms with Gasteiger partial charge in [-0.25, -0.2) is 4.98 Å². The van der Waals surface area contributed by atoms with E-state index in [4.69, 9.17) is 16.3 Å². The molecule has 1 aromatic rings. The van der Waals surface area contributed by atoms with E-state index in [0.29, 0.717) is 29.4 Å². The first kappa shape index (κ1) is 16.0. The maximum Gasteiger partial charge on any atom is 0.237 e. The Morgan fingerprint density at radius 1 is 1.37 bits per heavy atom. The van der Waals surface area contributed by atoms with Gasteiger partial charge >= 0.3 is 0 Å². The van der Waals surface area contributed by atoms with Gasteiger partial charge < -0.3 is 10.1 Å². The molecule has 0 bridgehead atoms. The SMILES string of the molecule is CCCCC(CC)COc1nc(NCC)ncc1Cl. The van der Waals surface area contributed by atoms with Crippen LogP contribution in [-0.2, 0) is 0 Å². The summed E-state index contributed by atoms with van der Waals surface area (Å²) >= 11 is 6.05. The average molecular weight is 286 g/mol. The molecule has 0 spiro atoms. The highest BCUT2D eigenvalue weighted by molar-refractivity contribution is 6.31. The van der Waals surface area contributed by atoms with Crippen LogP contribution in [0.4, 0.5) is 5.95 Å². The molecule has 0 aromatic carbocycles. The molecule has 0 aliphatic rings. The first-order chi connectivity index (χ1) is 9.21. The summed E-state index contributed by atoms with van der Waals surface area (Å²) in [6.07, 6.45) is 6.34. The molecule has 1 heterocycles. The summed E-state index contributed by atoms with van der Waals surface area (Å²) in [6, 6.07) is 0. The Morgan fingerprint density at radius 3 is 2.79 bits per heavy atom. The Hall–Kier alpha value is -1.03.